The first-order chi connectivity index (χ1) is 6.53. The molecule has 0 heterocycles. The lowest BCUT2D eigenvalue weighted by Gasteiger charge is -2.11. The molecule has 0 saturated carbocycles. The van der Waals surface area contributed by atoms with Gasteiger partial charge in [0.15, 0.2) is 0 Å². The Kier molecular flexibility index (Phi) is 3.23. The van der Waals surface area contributed by atoms with Crippen molar-refractivity contribution in [1.82, 2.24) is 0 Å². The second-order valence-corrected chi connectivity index (χ2v) is 4.47. The maximum Gasteiger partial charge on any atom is 0.0256 e. The Morgan fingerprint density at radius 3 is 2.14 bits per heavy atom. The molecule has 1 nitrogen and oxygen atoms in total. The highest BCUT2D eigenvalue weighted by Crippen LogP contribution is 2.18. The molecule has 0 aliphatic carbocycles. The maximum absolute atomic E-state index is 7.26. The van der Waals surface area contributed by atoms with Crippen molar-refractivity contribution in [3.63, 3.8) is 0 Å². The Morgan fingerprint density at radius 2 is 1.64 bits per heavy atom. The lowest BCUT2D eigenvalue weighted by atomic mass is 9.94. The van der Waals surface area contributed by atoms with Gasteiger partial charge in [0, 0.05) is 6.21 Å². The van der Waals surface area contributed by atoms with Crippen LogP contribution >= 0.6 is 0 Å². The van der Waals surface area contributed by atoms with E-state index in [1.54, 1.807) is 0 Å². The Hall–Kier alpha value is -1.37. The van der Waals surface area contributed by atoms with Crippen molar-refractivity contribution in [3.05, 3.63) is 41.5 Å². The fraction of sp³-hybridized carbons (Fsp3) is 0.308. The summed E-state index contributed by atoms with van der Waals surface area (Å²) in [4.78, 5) is 0. The zero-order valence-corrected chi connectivity index (χ0v) is 9.04. The normalized spacial score (nSPS) is 11.9. The van der Waals surface area contributed by atoms with Gasteiger partial charge in [-0.2, -0.15) is 0 Å². The molecule has 0 bridgehead atoms. The summed E-state index contributed by atoms with van der Waals surface area (Å²) in [6.45, 7) is 6.49. The van der Waals surface area contributed by atoms with E-state index in [0.29, 0.717) is 0 Å². The second kappa shape index (κ2) is 4.23. The number of hydrogen-bond acceptors (Lipinski definition) is 1. The highest BCUT2D eigenvalue weighted by atomic mass is 14.3. The zero-order valence-electron chi connectivity index (χ0n) is 9.04. The number of benzene rings is 1. The molecule has 0 spiro atoms. The molecule has 0 atom stereocenters. The highest BCUT2D eigenvalue weighted by Gasteiger charge is 2.04. The fourth-order valence-corrected chi connectivity index (χ4v) is 1.13. The molecule has 0 amide bonds. The average molecular weight is 187 g/mol. The molecular formula is C13H17N. The van der Waals surface area contributed by atoms with E-state index < -0.39 is 0 Å². The standard InChI is InChI=1S/C13H17N/c1-13(2,3)9-8-11-6-4-5-7-12(11)10-14/h4-10,14H,1-3H3/b9-8+,14-10?. The Morgan fingerprint density at radius 1 is 1.07 bits per heavy atom. The number of allylic oxidation sites excluding steroid dienone is 1. The van der Waals surface area contributed by atoms with Crippen molar-refractivity contribution in [2.45, 2.75) is 20.8 Å². The van der Waals surface area contributed by atoms with Crippen molar-refractivity contribution in [3.8, 4) is 0 Å². The van der Waals surface area contributed by atoms with Crippen LogP contribution < -0.4 is 0 Å². The monoisotopic (exact) mass is 187 g/mol. The van der Waals surface area contributed by atoms with Crippen LogP contribution in [0.5, 0.6) is 0 Å². The second-order valence-electron chi connectivity index (χ2n) is 4.47. The van der Waals surface area contributed by atoms with Crippen molar-refractivity contribution < 1.29 is 0 Å². The van der Waals surface area contributed by atoms with Gasteiger partial charge in [-0.25, -0.2) is 0 Å². The largest absolute Gasteiger partial charge is 0.308 e. The van der Waals surface area contributed by atoms with Gasteiger partial charge in [0.25, 0.3) is 0 Å². The maximum atomic E-state index is 7.26. The SMILES string of the molecule is CC(C)(C)/C=C/c1ccccc1C=N. The number of rotatable bonds is 2. The fourth-order valence-electron chi connectivity index (χ4n) is 1.13. The van der Waals surface area contributed by atoms with E-state index >= 15 is 0 Å². The van der Waals surface area contributed by atoms with Crippen molar-refractivity contribution in [1.29, 1.82) is 5.41 Å². The predicted molar refractivity (Wildman–Crippen MR) is 62.8 cm³/mol. The van der Waals surface area contributed by atoms with Crippen LogP contribution in [0.2, 0.25) is 0 Å². The summed E-state index contributed by atoms with van der Waals surface area (Å²) < 4.78 is 0. The first-order valence-corrected chi connectivity index (χ1v) is 4.82. The van der Waals surface area contributed by atoms with Gasteiger partial charge in [0.2, 0.25) is 0 Å². The molecule has 1 rings (SSSR count). The van der Waals surface area contributed by atoms with Crippen LogP contribution in [0.1, 0.15) is 31.9 Å². The molecule has 0 aliphatic rings. The lowest BCUT2D eigenvalue weighted by Crippen LogP contribution is -1.98. The van der Waals surface area contributed by atoms with Gasteiger partial charge in [-0.3, -0.25) is 0 Å². The molecule has 0 saturated heterocycles. The van der Waals surface area contributed by atoms with E-state index in [0.717, 1.165) is 11.1 Å². The van der Waals surface area contributed by atoms with Gasteiger partial charge in [-0.1, -0.05) is 57.2 Å². The average Bonchev–Trinajstić information content (AvgIpc) is 2.14. The molecule has 0 radical (unpaired) electrons. The third kappa shape index (κ3) is 3.17. The third-order valence-electron chi connectivity index (χ3n) is 1.91. The van der Waals surface area contributed by atoms with Crippen LogP contribution in [-0.4, -0.2) is 6.21 Å². The molecule has 0 aliphatic heterocycles. The van der Waals surface area contributed by atoms with Crippen LogP contribution in [0.25, 0.3) is 6.08 Å². The first kappa shape index (κ1) is 10.7. The van der Waals surface area contributed by atoms with E-state index in [-0.39, 0.29) is 5.41 Å². The van der Waals surface area contributed by atoms with Crippen molar-refractivity contribution >= 4 is 12.3 Å². The number of hydrogen-bond donors (Lipinski definition) is 1. The van der Waals surface area contributed by atoms with Crippen LogP contribution in [0.15, 0.2) is 30.3 Å². The minimum atomic E-state index is 0.190. The molecule has 0 aromatic heterocycles. The van der Waals surface area contributed by atoms with E-state index in [4.69, 9.17) is 5.41 Å². The summed E-state index contributed by atoms with van der Waals surface area (Å²) in [7, 11) is 0. The van der Waals surface area contributed by atoms with Gasteiger partial charge in [0.1, 0.15) is 0 Å². The molecule has 14 heavy (non-hydrogen) atoms. The Balaban J connectivity index is 2.97. The van der Waals surface area contributed by atoms with Crippen LogP contribution in [0.4, 0.5) is 0 Å². The van der Waals surface area contributed by atoms with Crippen LogP contribution in [0.3, 0.4) is 0 Å². The minimum absolute atomic E-state index is 0.190. The molecule has 74 valence electrons. The molecule has 1 heteroatoms. The molecule has 1 N–H and O–H groups in total. The predicted octanol–water partition coefficient (Wildman–Crippen LogP) is 3.74. The van der Waals surface area contributed by atoms with Crippen LogP contribution in [0, 0.1) is 10.8 Å². The lowest BCUT2D eigenvalue weighted by molar-refractivity contribution is 0.547. The van der Waals surface area contributed by atoms with Gasteiger partial charge >= 0.3 is 0 Å². The third-order valence-corrected chi connectivity index (χ3v) is 1.91. The smallest absolute Gasteiger partial charge is 0.0256 e. The Bertz CT molecular complexity index is 342. The quantitative estimate of drug-likeness (QED) is 0.682. The first-order valence-electron chi connectivity index (χ1n) is 4.82. The van der Waals surface area contributed by atoms with E-state index in [1.807, 2.05) is 24.3 Å². The van der Waals surface area contributed by atoms with E-state index in [9.17, 15) is 0 Å². The molecular weight excluding hydrogens is 170 g/mol. The van der Waals surface area contributed by atoms with Gasteiger partial charge in [0.05, 0.1) is 0 Å². The van der Waals surface area contributed by atoms with Gasteiger partial charge in [-0.05, 0) is 16.5 Å². The summed E-state index contributed by atoms with van der Waals surface area (Å²) in [5.41, 5.74) is 2.26. The topological polar surface area (TPSA) is 23.9 Å². The molecule has 0 fully saturated rings. The zero-order chi connectivity index (χ0) is 10.6. The molecule has 1 aromatic rings. The summed E-state index contributed by atoms with van der Waals surface area (Å²) in [6.07, 6.45) is 5.64. The minimum Gasteiger partial charge on any atom is -0.308 e. The van der Waals surface area contributed by atoms with E-state index in [2.05, 4.69) is 32.9 Å². The molecule has 0 unspecified atom stereocenters. The Labute approximate surface area is 86.0 Å². The summed E-state index contributed by atoms with van der Waals surface area (Å²) >= 11 is 0. The summed E-state index contributed by atoms with van der Waals surface area (Å²) in [5.74, 6) is 0. The van der Waals surface area contributed by atoms with Crippen molar-refractivity contribution in [2.24, 2.45) is 5.41 Å². The highest BCUT2D eigenvalue weighted by molar-refractivity contribution is 5.83. The van der Waals surface area contributed by atoms with Gasteiger partial charge in [-0.15, -0.1) is 0 Å². The number of nitrogens with one attached hydrogen (secondary N) is 1. The summed E-state index contributed by atoms with van der Waals surface area (Å²) in [5, 5.41) is 7.26. The van der Waals surface area contributed by atoms with Gasteiger partial charge < -0.3 is 5.41 Å². The van der Waals surface area contributed by atoms with Crippen LogP contribution in [-0.2, 0) is 0 Å². The summed E-state index contributed by atoms with van der Waals surface area (Å²) in [6, 6.07) is 7.93. The molecule has 1 aromatic carbocycles. The van der Waals surface area contributed by atoms with E-state index in [1.165, 1.54) is 6.21 Å². The van der Waals surface area contributed by atoms with Crippen molar-refractivity contribution in [2.75, 3.05) is 0 Å².